The van der Waals surface area contributed by atoms with E-state index in [2.05, 4.69) is 6.58 Å². The Labute approximate surface area is 190 Å². The van der Waals surface area contributed by atoms with Gasteiger partial charge in [0.25, 0.3) is 0 Å². The lowest BCUT2D eigenvalue weighted by atomic mass is 9.66. The van der Waals surface area contributed by atoms with Gasteiger partial charge in [0.2, 0.25) is 11.8 Å². The second-order valence-electron chi connectivity index (χ2n) is 10.1. The number of amides is 2. The number of ether oxygens (including phenoxy) is 2. The van der Waals surface area contributed by atoms with Crippen LogP contribution in [0.4, 0.5) is 0 Å². The highest BCUT2D eigenvalue weighted by Crippen LogP contribution is 2.63. The van der Waals surface area contributed by atoms with E-state index in [1.54, 1.807) is 17.9 Å². The number of hydrogen-bond donors (Lipinski definition) is 1. The molecule has 0 radical (unpaired) electrons. The van der Waals surface area contributed by atoms with Gasteiger partial charge in [-0.3, -0.25) is 14.4 Å². The second kappa shape index (κ2) is 8.78. The number of nitrogens with zero attached hydrogens (tertiary/aromatic N) is 2. The zero-order valence-corrected chi connectivity index (χ0v) is 20.2. The zero-order valence-electron chi connectivity index (χ0n) is 20.2. The number of aliphatic hydroxyl groups is 1. The van der Waals surface area contributed by atoms with E-state index in [-0.39, 0.29) is 37.0 Å². The van der Waals surface area contributed by atoms with Crippen molar-refractivity contribution < 1.29 is 29.0 Å². The maximum atomic E-state index is 14.0. The summed E-state index contributed by atoms with van der Waals surface area (Å²) in [7, 11) is 0. The van der Waals surface area contributed by atoms with Crippen LogP contribution >= 0.6 is 0 Å². The lowest BCUT2D eigenvalue weighted by molar-refractivity contribution is -0.162. The summed E-state index contributed by atoms with van der Waals surface area (Å²) < 4.78 is 11.9. The molecule has 3 rings (SSSR count). The molecule has 0 aliphatic carbocycles. The minimum atomic E-state index is -1.11. The molecule has 32 heavy (non-hydrogen) atoms. The van der Waals surface area contributed by atoms with Gasteiger partial charge < -0.3 is 24.4 Å². The minimum Gasteiger partial charge on any atom is -0.466 e. The van der Waals surface area contributed by atoms with Crippen LogP contribution in [0.25, 0.3) is 0 Å². The van der Waals surface area contributed by atoms with E-state index in [9.17, 15) is 19.5 Å². The van der Waals surface area contributed by atoms with Crippen molar-refractivity contribution >= 4 is 17.8 Å². The molecule has 180 valence electrons. The highest BCUT2D eigenvalue weighted by Gasteiger charge is 2.79. The SMILES string of the molecule is C=CCN(C(=O)C1N([C@@H](CO)C(C)C)C(=O)[C@@H]2[C@H](C(=O)OCC)[C@]3(C)CCC12O3)C(C)C. The standard InChI is InChI=1S/C24H38N2O6/c1-8-12-25(15(5)6)21(29)19-24-11-10-23(7,32-24)18(22(30)31-9-2)17(24)20(28)26(19)16(13-27)14(3)4/h8,14-19,27H,1,9-13H2,2-7H3/t16-,17-,18+,19?,23-,24?/m0/s1. The van der Waals surface area contributed by atoms with E-state index < -0.39 is 41.1 Å². The molecular formula is C24H38N2O6. The van der Waals surface area contributed by atoms with Crippen molar-refractivity contribution in [1.82, 2.24) is 9.80 Å². The number of fused-ring (bicyclic) bond motifs is 1. The van der Waals surface area contributed by atoms with Crippen LogP contribution in [0.1, 0.15) is 54.4 Å². The van der Waals surface area contributed by atoms with Gasteiger partial charge in [0.15, 0.2) is 0 Å². The number of esters is 1. The van der Waals surface area contributed by atoms with Crippen molar-refractivity contribution in [3.63, 3.8) is 0 Å². The molecule has 2 bridgehead atoms. The number of likely N-dealkylation sites (tertiary alicyclic amines) is 1. The van der Waals surface area contributed by atoms with Crippen molar-refractivity contribution in [3.05, 3.63) is 12.7 Å². The molecule has 8 nitrogen and oxygen atoms in total. The minimum absolute atomic E-state index is 0.0878. The number of carbonyl (C=O) groups excluding carboxylic acids is 3. The molecule has 0 aromatic carbocycles. The fourth-order valence-electron chi connectivity index (χ4n) is 6.06. The Morgan fingerprint density at radius 3 is 2.50 bits per heavy atom. The maximum absolute atomic E-state index is 14.0. The molecule has 1 N–H and O–H groups in total. The zero-order chi connectivity index (χ0) is 24.0. The Kier molecular flexibility index (Phi) is 6.78. The van der Waals surface area contributed by atoms with Crippen LogP contribution in [0, 0.1) is 17.8 Å². The lowest BCUT2D eigenvalue weighted by Crippen LogP contribution is -2.60. The first-order valence-electron chi connectivity index (χ1n) is 11.7. The van der Waals surface area contributed by atoms with Crippen molar-refractivity contribution in [2.75, 3.05) is 19.8 Å². The molecule has 2 amide bonds. The smallest absolute Gasteiger partial charge is 0.312 e. The van der Waals surface area contributed by atoms with Gasteiger partial charge in [-0.05, 0) is 46.5 Å². The van der Waals surface area contributed by atoms with E-state index in [1.165, 1.54) is 4.90 Å². The molecule has 3 saturated heterocycles. The first kappa shape index (κ1) is 24.7. The summed E-state index contributed by atoms with van der Waals surface area (Å²) >= 11 is 0. The molecule has 0 aromatic heterocycles. The Bertz CT molecular complexity index is 782. The van der Waals surface area contributed by atoms with Crippen LogP contribution < -0.4 is 0 Å². The number of aliphatic hydroxyl groups excluding tert-OH is 1. The van der Waals surface area contributed by atoms with Crippen LogP contribution in [0.3, 0.4) is 0 Å². The monoisotopic (exact) mass is 450 g/mol. The topological polar surface area (TPSA) is 96.4 Å². The fourth-order valence-corrected chi connectivity index (χ4v) is 6.06. The molecule has 3 aliphatic heterocycles. The van der Waals surface area contributed by atoms with Gasteiger partial charge in [0.1, 0.15) is 17.6 Å². The Hall–Kier alpha value is -1.93. The number of rotatable bonds is 9. The summed E-state index contributed by atoms with van der Waals surface area (Å²) in [6.07, 6.45) is 2.72. The quantitative estimate of drug-likeness (QED) is 0.425. The summed E-state index contributed by atoms with van der Waals surface area (Å²) in [6, 6.07) is -1.59. The van der Waals surface area contributed by atoms with Crippen molar-refractivity contribution in [1.29, 1.82) is 0 Å². The van der Waals surface area contributed by atoms with E-state index >= 15 is 0 Å². The van der Waals surface area contributed by atoms with Crippen LogP contribution in [0.5, 0.6) is 0 Å². The molecule has 1 spiro atoms. The van der Waals surface area contributed by atoms with Crippen molar-refractivity contribution in [2.45, 2.75) is 83.7 Å². The van der Waals surface area contributed by atoms with Gasteiger partial charge in [-0.2, -0.15) is 0 Å². The predicted molar refractivity (Wildman–Crippen MR) is 118 cm³/mol. The molecule has 3 aliphatic rings. The normalized spacial score (nSPS) is 34.2. The summed E-state index contributed by atoms with van der Waals surface area (Å²) in [5.74, 6) is -2.67. The predicted octanol–water partition coefficient (Wildman–Crippen LogP) is 1.75. The highest BCUT2D eigenvalue weighted by atomic mass is 16.6. The van der Waals surface area contributed by atoms with E-state index in [0.717, 1.165) is 0 Å². The summed E-state index contributed by atoms with van der Waals surface area (Å²) in [5.41, 5.74) is -1.97. The third-order valence-electron chi connectivity index (χ3n) is 7.54. The molecule has 0 aromatic rings. The third kappa shape index (κ3) is 3.46. The van der Waals surface area contributed by atoms with Gasteiger partial charge in [-0.25, -0.2) is 0 Å². The Balaban J connectivity index is 2.16. The molecule has 6 atom stereocenters. The third-order valence-corrected chi connectivity index (χ3v) is 7.54. The lowest BCUT2D eigenvalue weighted by Gasteiger charge is -2.41. The molecule has 2 unspecified atom stereocenters. The average molecular weight is 451 g/mol. The fraction of sp³-hybridized carbons (Fsp3) is 0.792. The molecule has 3 heterocycles. The van der Waals surface area contributed by atoms with Gasteiger partial charge >= 0.3 is 5.97 Å². The van der Waals surface area contributed by atoms with E-state index in [1.807, 2.05) is 34.6 Å². The van der Waals surface area contributed by atoms with Gasteiger partial charge in [-0.15, -0.1) is 6.58 Å². The summed E-state index contributed by atoms with van der Waals surface area (Å²) in [5, 5.41) is 10.2. The molecule has 3 fully saturated rings. The Morgan fingerprint density at radius 1 is 1.34 bits per heavy atom. The van der Waals surface area contributed by atoms with Crippen LogP contribution in [-0.2, 0) is 23.9 Å². The first-order chi connectivity index (χ1) is 15.0. The highest BCUT2D eigenvalue weighted by molar-refractivity contribution is 5.98. The van der Waals surface area contributed by atoms with Crippen molar-refractivity contribution in [3.8, 4) is 0 Å². The number of carbonyl (C=O) groups is 3. The van der Waals surface area contributed by atoms with Gasteiger partial charge in [-0.1, -0.05) is 19.9 Å². The van der Waals surface area contributed by atoms with Crippen molar-refractivity contribution in [2.24, 2.45) is 17.8 Å². The van der Waals surface area contributed by atoms with Gasteiger partial charge in [0, 0.05) is 12.6 Å². The van der Waals surface area contributed by atoms with E-state index in [4.69, 9.17) is 9.47 Å². The van der Waals surface area contributed by atoms with Crippen LogP contribution in [0.2, 0.25) is 0 Å². The maximum Gasteiger partial charge on any atom is 0.312 e. The van der Waals surface area contributed by atoms with Crippen LogP contribution in [-0.4, -0.2) is 81.8 Å². The Morgan fingerprint density at radius 2 is 2.00 bits per heavy atom. The summed E-state index contributed by atoms with van der Waals surface area (Å²) in [6.45, 7) is 15.3. The first-order valence-corrected chi connectivity index (χ1v) is 11.7. The average Bonchev–Trinajstić information content (AvgIpc) is 3.27. The van der Waals surface area contributed by atoms with E-state index in [0.29, 0.717) is 19.4 Å². The molecule has 0 saturated carbocycles. The number of hydrogen-bond acceptors (Lipinski definition) is 6. The molecular weight excluding hydrogens is 412 g/mol. The van der Waals surface area contributed by atoms with Crippen LogP contribution in [0.15, 0.2) is 12.7 Å². The second-order valence-corrected chi connectivity index (χ2v) is 10.1. The largest absolute Gasteiger partial charge is 0.466 e. The summed E-state index contributed by atoms with van der Waals surface area (Å²) in [4.78, 5) is 44.2. The molecule has 8 heteroatoms. The van der Waals surface area contributed by atoms with Gasteiger partial charge in [0.05, 0.1) is 30.8 Å².